The molecule has 1 heterocycles. The lowest BCUT2D eigenvalue weighted by Gasteiger charge is -2.08. The van der Waals surface area contributed by atoms with Crippen molar-refractivity contribution in [1.29, 1.82) is 0 Å². The average Bonchev–Trinajstić information content (AvgIpc) is 2.84. The maximum atomic E-state index is 12.2. The van der Waals surface area contributed by atoms with Crippen molar-refractivity contribution in [1.82, 2.24) is 9.71 Å². The van der Waals surface area contributed by atoms with Gasteiger partial charge in [0.05, 0.1) is 18.4 Å². The minimum Gasteiger partial charge on any atom is -0.444 e. The molecular weight excluding hydrogens is 278 g/mol. The third-order valence-corrected chi connectivity index (χ3v) is 4.29. The van der Waals surface area contributed by atoms with Gasteiger partial charge in [-0.3, -0.25) is 0 Å². The third-order valence-electron chi connectivity index (χ3n) is 2.82. The molecule has 0 bridgehead atoms. The van der Waals surface area contributed by atoms with Gasteiger partial charge in [-0.1, -0.05) is 13.0 Å². The number of aromatic nitrogens is 1. The van der Waals surface area contributed by atoms with Crippen molar-refractivity contribution in [2.45, 2.75) is 31.7 Å². The number of nitrogens with one attached hydrogen (secondary N) is 1. The molecule has 1 aromatic carbocycles. The van der Waals surface area contributed by atoms with E-state index in [2.05, 4.69) is 9.71 Å². The van der Waals surface area contributed by atoms with Gasteiger partial charge in [-0.15, -0.1) is 0 Å². The Balaban J connectivity index is 2.14. The van der Waals surface area contributed by atoms with Crippen molar-refractivity contribution in [3.05, 3.63) is 41.6 Å². The Kier molecular flexibility index (Phi) is 4.10. The van der Waals surface area contributed by atoms with Crippen LogP contribution in [0.1, 0.15) is 24.1 Å². The lowest BCUT2D eigenvalue weighted by Crippen LogP contribution is -2.24. The average molecular weight is 295 g/mol. The molecule has 0 spiro atoms. The molecule has 7 heteroatoms. The second kappa shape index (κ2) is 5.64. The molecule has 0 aliphatic rings. The standard InChI is InChI=1S/C13H17N3O3S/c1-3-10-7-15-13(19-10)8-16-20(17,18)12-5-4-9(2)6-11(12)14/h4-7,16H,3,8,14H2,1-2H3. The summed E-state index contributed by atoms with van der Waals surface area (Å²) < 4.78 is 32.1. The fraction of sp³-hybridized carbons (Fsp3) is 0.308. The van der Waals surface area contributed by atoms with Gasteiger partial charge in [0, 0.05) is 6.42 Å². The molecule has 20 heavy (non-hydrogen) atoms. The number of nitrogen functional groups attached to an aromatic ring is 1. The summed E-state index contributed by atoms with van der Waals surface area (Å²) in [6.07, 6.45) is 2.30. The van der Waals surface area contributed by atoms with Crippen molar-refractivity contribution >= 4 is 15.7 Å². The smallest absolute Gasteiger partial charge is 0.243 e. The van der Waals surface area contributed by atoms with E-state index >= 15 is 0 Å². The summed E-state index contributed by atoms with van der Waals surface area (Å²) in [6.45, 7) is 3.77. The number of aryl methyl sites for hydroxylation is 2. The second-order valence-electron chi connectivity index (χ2n) is 4.44. The lowest BCUT2D eigenvalue weighted by molar-refractivity contribution is 0.452. The van der Waals surface area contributed by atoms with Crippen LogP contribution in [0.25, 0.3) is 0 Å². The van der Waals surface area contributed by atoms with Crippen molar-refractivity contribution in [2.24, 2.45) is 0 Å². The van der Waals surface area contributed by atoms with E-state index < -0.39 is 10.0 Å². The highest BCUT2D eigenvalue weighted by atomic mass is 32.2. The molecule has 6 nitrogen and oxygen atoms in total. The van der Waals surface area contributed by atoms with Gasteiger partial charge < -0.3 is 10.2 Å². The van der Waals surface area contributed by atoms with Gasteiger partial charge in [0.1, 0.15) is 10.7 Å². The molecule has 0 radical (unpaired) electrons. The van der Waals surface area contributed by atoms with E-state index in [1.807, 2.05) is 13.8 Å². The first-order chi connectivity index (χ1) is 9.42. The molecule has 0 amide bonds. The summed E-state index contributed by atoms with van der Waals surface area (Å²) >= 11 is 0. The number of nitrogens with zero attached hydrogens (tertiary/aromatic N) is 1. The zero-order chi connectivity index (χ0) is 14.8. The van der Waals surface area contributed by atoms with E-state index in [0.717, 1.165) is 5.56 Å². The van der Waals surface area contributed by atoms with Crippen LogP contribution >= 0.6 is 0 Å². The maximum Gasteiger partial charge on any atom is 0.243 e. The molecule has 0 unspecified atom stereocenters. The minimum atomic E-state index is -3.68. The molecule has 0 fully saturated rings. The quantitative estimate of drug-likeness (QED) is 0.816. The summed E-state index contributed by atoms with van der Waals surface area (Å²) in [5.41, 5.74) is 6.87. The molecule has 2 rings (SSSR count). The zero-order valence-electron chi connectivity index (χ0n) is 11.4. The van der Waals surface area contributed by atoms with E-state index in [-0.39, 0.29) is 17.1 Å². The first-order valence-corrected chi connectivity index (χ1v) is 7.70. The van der Waals surface area contributed by atoms with Crippen molar-refractivity contribution in [3.8, 4) is 0 Å². The topological polar surface area (TPSA) is 98.2 Å². The minimum absolute atomic E-state index is 0.00432. The Bertz CT molecular complexity index is 707. The fourth-order valence-corrected chi connectivity index (χ4v) is 2.83. The van der Waals surface area contributed by atoms with Crippen LogP contribution in [0.4, 0.5) is 5.69 Å². The summed E-state index contributed by atoms with van der Waals surface area (Å²) in [5, 5.41) is 0. The third kappa shape index (κ3) is 3.17. The Morgan fingerprint density at radius 1 is 1.40 bits per heavy atom. The number of sulfonamides is 1. The van der Waals surface area contributed by atoms with Crippen molar-refractivity contribution in [2.75, 3.05) is 5.73 Å². The lowest BCUT2D eigenvalue weighted by atomic mass is 10.2. The van der Waals surface area contributed by atoms with Crippen LogP contribution in [0.15, 0.2) is 33.7 Å². The van der Waals surface area contributed by atoms with Crippen molar-refractivity contribution in [3.63, 3.8) is 0 Å². The SMILES string of the molecule is CCc1cnc(CNS(=O)(=O)c2ccc(C)cc2N)o1. The van der Waals surface area contributed by atoms with E-state index in [1.54, 1.807) is 18.3 Å². The number of hydrogen-bond acceptors (Lipinski definition) is 5. The number of rotatable bonds is 5. The summed E-state index contributed by atoms with van der Waals surface area (Å²) in [7, 11) is -3.68. The van der Waals surface area contributed by atoms with E-state index in [9.17, 15) is 8.42 Å². The molecule has 0 atom stereocenters. The Labute approximate surface area is 118 Å². The molecular formula is C13H17N3O3S. The summed E-state index contributed by atoms with van der Waals surface area (Å²) in [4.78, 5) is 4.06. The molecule has 0 saturated carbocycles. The van der Waals surface area contributed by atoms with Crippen molar-refractivity contribution < 1.29 is 12.8 Å². The number of benzene rings is 1. The number of hydrogen-bond donors (Lipinski definition) is 2. The maximum absolute atomic E-state index is 12.2. The number of anilines is 1. The molecule has 0 saturated heterocycles. The monoisotopic (exact) mass is 295 g/mol. The Hall–Kier alpha value is -1.86. The van der Waals surface area contributed by atoms with Gasteiger partial charge in [-0.25, -0.2) is 18.1 Å². The summed E-state index contributed by atoms with van der Waals surface area (Å²) in [5.74, 6) is 1.05. The molecule has 3 N–H and O–H groups in total. The van der Waals surface area contributed by atoms with Crippen LogP contribution in [-0.4, -0.2) is 13.4 Å². The molecule has 2 aromatic rings. The highest BCUT2D eigenvalue weighted by Crippen LogP contribution is 2.19. The highest BCUT2D eigenvalue weighted by molar-refractivity contribution is 7.89. The first-order valence-electron chi connectivity index (χ1n) is 6.21. The van der Waals surface area contributed by atoms with E-state index in [0.29, 0.717) is 18.1 Å². The van der Waals surface area contributed by atoms with Gasteiger partial charge >= 0.3 is 0 Å². The predicted octanol–water partition coefficient (Wildman–Crippen LogP) is 1.61. The summed E-state index contributed by atoms with van der Waals surface area (Å²) in [6, 6.07) is 4.81. The van der Waals surface area contributed by atoms with E-state index in [4.69, 9.17) is 10.2 Å². The van der Waals surface area contributed by atoms with Crippen LogP contribution in [0, 0.1) is 6.92 Å². The van der Waals surface area contributed by atoms with Gasteiger partial charge in [-0.05, 0) is 24.6 Å². The van der Waals surface area contributed by atoms with Gasteiger partial charge in [-0.2, -0.15) is 0 Å². The van der Waals surface area contributed by atoms with Crippen LogP contribution in [0.3, 0.4) is 0 Å². The van der Waals surface area contributed by atoms with Crippen LogP contribution in [0.5, 0.6) is 0 Å². The Morgan fingerprint density at radius 3 is 2.75 bits per heavy atom. The number of oxazole rings is 1. The second-order valence-corrected chi connectivity index (χ2v) is 6.18. The molecule has 108 valence electrons. The van der Waals surface area contributed by atoms with Gasteiger partial charge in [0.2, 0.25) is 15.9 Å². The van der Waals surface area contributed by atoms with Crippen LogP contribution < -0.4 is 10.5 Å². The first kappa shape index (κ1) is 14.5. The highest BCUT2D eigenvalue weighted by Gasteiger charge is 2.18. The van der Waals surface area contributed by atoms with Gasteiger partial charge in [0.15, 0.2) is 0 Å². The normalized spacial score (nSPS) is 11.7. The molecule has 0 aliphatic heterocycles. The Morgan fingerprint density at radius 2 is 2.15 bits per heavy atom. The largest absolute Gasteiger partial charge is 0.444 e. The zero-order valence-corrected chi connectivity index (χ0v) is 12.2. The van der Waals surface area contributed by atoms with Gasteiger partial charge in [0.25, 0.3) is 0 Å². The fourth-order valence-electron chi connectivity index (χ4n) is 1.74. The molecule has 1 aromatic heterocycles. The van der Waals surface area contributed by atoms with Crippen LogP contribution in [-0.2, 0) is 23.0 Å². The predicted molar refractivity (Wildman–Crippen MR) is 75.5 cm³/mol. The van der Waals surface area contributed by atoms with E-state index in [1.165, 1.54) is 6.07 Å². The van der Waals surface area contributed by atoms with Crippen LogP contribution in [0.2, 0.25) is 0 Å². The number of nitrogens with two attached hydrogens (primary N) is 1. The molecule has 0 aliphatic carbocycles.